The van der Waals surface area contributed by atoms with Gasteiger partial charge in [0.15, 0.2) is 0 Å². The minimum absolute atomic E-state index is 0.134. The van der Waals surface area contributed by atoms with E-state index in [0.717, 1.165) is 25.8 Å². The maximum absolute atomic E-state index is 9.97. The van der Waals surface area contributed by atoms with Crippen LogP contribution in [0.3, 0.4) is 0 Å². The van der Waals surface area contributed by atoms with Crippen LogP contribution in [-0.4, -0.2) is 23.8 Å². The van der Waals surface area contributed by atoms with Gasteiger partial charge in [-0.1, -0.05) is 38.3 Å². The first-order valence-electron chi connectivity index (χ1n) is 13.9. The summed E-state index contributed by atoms with van der Waals surface area (Å²) in [6.45, 7) is 0.732. The van der Waals surface area contributed by atoms with E-state index in [4.69, 9.17) is 13.7 Å². The third-order valence-corrected chi connectivity index (χ3v) is 5.15. The Kier molecular flexibility index (Phi) is 2.74. The van der Waals surface area contributed by atoms with E-state index in [-0.39, 0.29) is 12.5 Å². The van der Waals surface area contributed by atoms with Gasteiger partial charge in [-0.25, -0.2) is 0 Å². The molecule has 1 heterocycles. The topological polar surface area (TPSA) is 32.3 Å². The molecule has 0 radical (unpaired) electrons. The number of piperidine rings is 1. The van der Waals surface area contributed by atoms with Gasteiger partial charge in [0.2, 0.25) is 0 Å². The second-order valence-electron chi connectivity index (χ2n) is 6.60. The fraction of sp³-hybridized carbons (Fsp3) is 1.00. The number of hydrogen-bond donors (Lipinski definition) is 2. The summed E-state index contributed by atoms with van der Waals surface area (Å²) in [5, 5.41) is 13.3. The van der Waals surface area contributed by atoms with Crippen molar-refractivity contribution in [2.45, 2.75) is 95.4 Å². The number of rotatable bonds is 4. The Bertz CT molecular complexity index is 655. The fourth-order valence-electron chi connectivity index (χ4n) is 3.93. The van der Waals surface area contributed by atoms with Crippen LogP contribution in [0.25, 0.3) is 0 Å². The van der Waals surface area contributed by atoms with Crippen LogP contribution < -0.4 is 5.32 Å². The first-order chi connectivity index (χ1) is 14.5. The maximum atomic E-state index is 9.97. The van der Waals surface area contributed by atoms with Gasteiger partial charge in [0.05, 0.1) is 6.10 Å². The number of nitrogens with one attached hydrogen (secondary N) is 1. The maximum Gasteiger partial charge on any atom is 0.0540 e. The van der Waals surface area contributed by atoms with Crippen molar-refractivity contribution in [3.63, 3.8) is 0 Å². The lowest BCUT2D eigenvalue weighted by molar-refractivity contribution is 0.0597. The second-order valence-corrected chi connectivity index (χ2v) is 6.60. The number of aliphatic hydroxyl groups excluding tert-OH is 1. The van der Waals surface area contributed by atoms with Crippen molar-refractivity contribution in [2.24, 2.45) is 17.7 Å². The standard InChI is InChI=1S/C19H35NO/c21-18-11-9-16(10-12-18)19(15-6-2-1-3-7-15)14-17-8-4-5-13-20-17/h15-21H,1-14H2/t16?,17?,18?,19-/m0/s1/i1D2,2D2,3D2,6D2,7D2,15D. The average molecular weight is 305 g/mol. The molecule has 3 rings (SSSR count). The minimum Gasteiger partial charge on any atom is -0.393 e. The molecule has 122 valence electrons. The van der Waals surface area contributed by atoms with Crippen molar-refractivity contribution in [1.29, 1.82) is 0 Å². The molecule has 0 aromatic heterocycles. The van der Waals surface area contributed by atoms with Gasteiger partial charge in [-0.2, -0.15) is 0 Å². The van der Waals surface area contributed by atoms with Crippen LogP contribution in [-0.2, 0) is 0 Å². The predicted molar refractivity (Wildman–Crippen MR) is 88.3 cm³/mol. The van der Waals surface area contributed by atoms with Crippen molar-refractivity contribution in [1.82, 2.24) is 5.32 Å². The third kappa shape index (κ3) is 4.45. The van der Waals surface area contributed by atoms with Gasteiger partial charge in [0, 0.05) is 21.1 Å². The van der Waals surface area contributed by atoms with Crippen LogP contribution in [0.15, 0.2) is 0 Å². The number of aliphatic hydroxyl groups is 1. The fourth-order valence-corrected chi connectivity index (χ4v) is 3.93. The van der Waals surface area contributed by atoms with Crippen LogP contribution in [0.5, 0.6) is 0 Å². The average Bonchev–Trinajstić information content (AvgIpc) is 2.71. The Hall–Kier alpha value is -0.0800. The molecule has 1 unspecified atom stereocenters. The summed E-state index contributed by atoms with van der Waals surface area (Å²) < 4.78 is 93.4. The largest absolute Gasteiger partial charge is 0.393 e. The SMILES string of the molecule is [2H]C1([2H])C([2H])([2H])C([2H])([2H])C([2H])([C@H](CC2CCCCN2)C2CCC(O)CC2)C([2H])([2H])C1([2H])[2H]. The van der Waals surface area contributed by atoms with E-state index >= 15 is 0 Å². The lowest BCUT2D eigenvalue weighted by atomic mass is 9.67. The minimum atomic E-state index is -3.49. The van der Waals surface area contributed by atoms with E-state index in [0.29, 0.717) is 25.7 Å². The van der Waals surface area contributed by atoms with Crippen LogP contribution in [0.4, 0.5) is 0 Å². The molecule has 0 aromatic rings. The molecule has 2 N–H and O–H groups in total. The molecular weight excluding hydrogens is 258 g/mol. The molecule has 1 saturated heterocycles. The third-order valence-electron chi connectivity index (χ3n) is 5.15. The highest BCUT2D eigenvalue weighted by atomic mass is 16.3. The van der Waals surface area contributed by atoms with Crippen LogP contribution in [0, 0.1) is 17.7 Å². The summed E-state index contributed by atoms with van der Waals surface area (Å²) in [6.07, 6.45) is -13.1. The Balaban J connectivity index is 2.16. The molecule has 2 heteroatoms. The van der Waals surface area contributed by atoms with Gasteiger partial charge in [0.25, 0.3) is 0 Å². The summed E-state index contributed by atoms with van der Waals surface area (Å²) >= 11 is 0. The molecule has 2 atom stereocenters. The molecule has 3 fully saturated rings. The van der Waals surface area contributed by atoms with Gasteiger partial charge in [0.1, 0.15) is 0 Å². The van der Waals surface area contributed by atoms with Gasteiger partial charge in [-0.15, -0.1) is 0 Å². The Labute approximate surface area is 146 Å². The molecule has 0 bridgehead atoms. The molecule has 0 aromatic carbocycles. The molecule has 3 aliphatic rings. The van der Waals surface area contributed by atoms with Gasteiger partial charge < -0.3 is 10.4 Å². The molecule has 0 spiro atoms. The lowest BCUT2D eigenvalue weighted by Crippen LogP contribution is -2.39. The van der Waals surface area contributed by atoms with Crippen molar-refractivity contribution in [3.05, 3.63) is 0 Å². The van der Waals surface area contributed by atoms with E-state index in [2.05, 4.69) is 5.32 Å². The predicted octanol–water partition coefficient (Wildman–Crippen LogP) is 4.27. The van der Waals surface area contributed by atoms with Crippen LogP contribution in [0.1, 0.15) is 98.3 Å². The summed E-state index contributed by atoms with van der Waals surface area (Å²) in [5.41, 5.74) is 0. The highest BCUT2D eigenvalue weighted by Crippen LogP contribution is 2.42. The van der Waals surface area contributed by atoms with Crippen molar-refractivity contribution in [3.8, 4) is 0 Å². The zero-order valence-electron chi connectivity index (χ0n) is 23.6. The van der Waals surface area contributed by atoms with Crippen LogP contribution in [0.2, 0.25) is 0 Å². The summed E-state index contributed by atoms with van der Waals surface area (Å²) in [7, 11) is 0. The summed E-state index contributed by atoms with van der Waals surface area (Å²) in [6, 6.07) is -0.134. The molecule has 21 heavy (non-hydrogen) atoms. The summed E-state index contributed by atoms with van der Waals surface area (Å²) in [4.78, 5) is 0. The van der Waals surface area contributed by atoms with Gasteiger partial charge in [-0.3, -0.25) is 0 Å². The van der Waals surface area contributed by atoms with Crippen molar-refractivity contribution >= 4 is 0 Å². The van der Waals surface area contributed by atoms with Gasteiger partial charge in [-0.05, 0) is 69.2 Å². The highest BCUT2D eigenvalue weighted by molar-refractivity contribution is 4.87. The normalized spacial score (nSPS) is 58.5. The highest BCUT2D eigenvalue weighted by Gasteiger charge is 2.34. The van der Waals surface area contributed by atoms with Crippen molar-refractivity contribution < 1.29 is 20.2 Å². The Morgan fingerprint density at radius 3 is 2.48 bits per heavy atom. The Morgan fingerprint density at radius 2 is 1.81 bits per heavy atom. The van der Waals surface area contributed by atoms with E-state index in [9.17, 15) is 6.48 Å². The Morgan fingerprint density at radius 1 is 1.05 bits per heavy atom. The smallest absolute Gasteiger partial charge is 0.0540 e. The van der Waals surface area contributed by atoms with Gasteiger partial charge >= 0.3 is 0 Å². The summed E-state index contributed by atoms with van der Waals surface area (Å²) in [5.74, 6) is -4.35. The van der Waals surface area contributed by atoms with Crippen molar-refractivity contribution in [2.75, 3.05) is 6.54 Å². The zero-order valence-corrected chi connectivity index (χ0v) is 12.6. The quantitative estimate of drug-likeness (QED) is 0.813. The number of hydrogen-bond acceptors (Lipinski definition) is 2. The first kappa shape index (κ1) is 7.21. The molecule has 0 amide bonds. The van der Waals surface area contributed by atoms with E-state index in [1.54, 1.807) is 0 Å². The molecular formula is C19H35NO. The van der Waals surface area contributed by atoms with Crippen LogP contribution >= 0.6 is 0 Å². The molecule has 2 nitrogen and oxygen atoms in total. The van der Waals surface area contributed by atoms with E-state index in [1.165, 1.54) is 0 Å². The lowest BCUT2D eigenvalue weighted by Gasteiger charge is -2.41. The molecule has 2 aliphatic carbocycles. The van der Waals surface area contributed by atoms with E-state index < -0.39 is 55.7 Å². The molecule has 2 saturated carbocycles. The second kappa shape index (κ2) is 7.97. The monoisotopic (exact) mass is 304 g/mol. The van der Waals surface area contributed by atoms with E-state index in [1.807, 2.05) is 0 Å². The first-order valence-corrected chi connectivity index (χ1v) is 8.38. The molecule has 1 aliphatic heterocycles. The zero-order chi connectivity index (χ0) is 24.4.